The first-order valence-corrected chi connectivity index (χ1v) is 8.59. The minimum absolute atomic E-state index is 0.143. The lowest BCUT2D eigenvalue weighted by Gasteiger charge is -2.13. The molecule has 8 heteroatoms. The Bertz CT molecular complexity index is 711. The third-order valence-corrected chi connectivity index (χ3v) is 4.74. The topological polar surface area (TPSA) is 64.6 Å². The molecule has 0 saturated heterocycles. The fourth-order valence-corrected chi connectivity index (χ4v) is 3.35. The van der Waals surface area contributed by atoms with Crippen molar-refractivity contribution in [2.75, 3.05) is 13.7 Å². The van der Waals surface area contributed by atoms with Gasteiger partial charge in [0.25, 0.3) is 5.91 Å². The predicted molar refractivity (Wildman–Crippen MR) is 94.2 cm³/mol. The Kier molecular flexibility index (Phi) is 6.48. The molecular weight excluding hydrogens is 373 g/mol. The van der Waals surface area contributed by atoms with E-state index in [1.807, 2.05) is 24.4 Å². The van der Waals surface area contributed by atoms with Crippen LogP contribution in [0.15, 0.2) is 29.6 Å². The van der Waals surface area contributed by atoms with E-state index in [9.17, 15) is 9.59 Å². The molecule has 0 unspecified atom stereocenters. The van der Waals surface area contributed by atoms with E-state index < -0.39 is 18.5 Å². The van der Waals surface area contributed by atoms with Gasteiger partial charge in [-0.2, -0.15) is 0 Å². The summed E-state index contributed by atoms with van der Waals surface area (Å²) in [4.78, 5) is 24.9. The molecule has 0 aliphatic heterocycles. The highest BCUT2D eigenvalue weighted by Gasteiger charge is 2.17. The smallest absolute Gasteiger partial charge is 0.338 e. The highest BCUT2D eigenvalue weighted by atomic mass is 35.5. The van der Waals surface area contributed by atoms with Gasteiger partial charge in [-0.15, -0.1) is 11.3 Å². The van der Waals surface area contributed by atoms with Crippen molar-refractivity contribution >= 4 is 46.4 Å². The second-order valence-corrected chi connectivity index (χ2v) is 6.65. The molecule has 0 aliphatic carbocycles. The number of methoxy groups -OCH3 is 1. The summed E-state index contributed by atoms with van der Waals surface area (Å²) in [5.41, 5.74) is 0.143. The number of thiophene rings is 1. The molecule has 5 nitrogen and oxygen atoms in total. The van der Waals surface area contributed by atoms with Crippen LogP contribution in [0.1, 0.15) is 28.2 Å². The number of nitrogens with one attached hydrogen (secondary N) is 1. The molecule has 0 aliphatic rings. The van der Waals surface area contributed by atoms with Crippen LogP contribution in [0.3, 0.4) is 0 Å². The highest BCUT2D eigenvalue weighted by molar-refractivity contribution is 7.10. The van der Waals surface area contributed by atoms with E-state index in [0.29, 0.717) is 0 Å². The van der Waals surface area contributed by atoms with Crippen LogP contribution in [0.5, 0.6) is 5.75 Å². The van der Waals surface area contributed by atoms with Gasteiger partial charge in [0.05, 0.1) is 28.8 Å². The zero-order valence-electron chi connectivity index (χ0n) is 13.0. The summed E-state index contributed by atoms with van der Waals surface area (Å²) in [6, 6.07) is 6.42. The van der Waals surface area contributed by atoms with Crippen molar-refractivity contribution in [1.82, 2.24) is 5.32 Å². The quantitative estimate of drug-likeness (QED) is 0.757. The molecule has 1 atom stereocenters. The van der Waals surface area contributed by atoms with Crippen LogP contribution in [0.4, 0.5) is 0 Å². The van der Waals surface area contributed by atoms with Crippen LogP contribution in [0.25, 0.3) is 0 Å². The minimum Gasteiger partial charge on any atom is -0.494 e. The summed E-state index contributed by atoms with van der Waals surface area (Å²) >= 11 is 13.5. The summed E-state index contributed by atoms with van der Waals surface area (Å²) < 4.78 is 9.99. The number of hydrogen-bond donors (Lipinski definition) is 1. The van der Waals surface area contributed by atoms with Crippen LogP contribution in [-0.4, -0.2) is 25.6 Å². The molecule has 0 spiro atoms. The van der Waals surface area contributed by atoms with Gasteiger partial charge >= 0.3 is 5.97 Å². The van der Waals surface area contributed by atoms with Crippen molar-refractivity contribution < 1.29 is 19.1 Å². The van der Waals surface area contributed by atoms with Crippen LogP contribution < -0.4 is 10.1 Å². The fraction of sp³-hybridized carbons (Fsp3) is 0.250. The first kappa shape index (κ1) is 18.6. The average Bonchev–Trinajstić information content (AvgIpc) is 3.06. The van der Waals surface area contributed by atoms with E-state index in [2.05, 4.69) is 5.32 Å². The Balaban J connectivity index is 1.92. The van der Waals surface area contributed by atoms with E-state index in [-0.39, 0.29) is 27.4 Å². The van der Waals surface area contributed by atoms with Crippen LogP contribution in [0, 0.1) is 0 Å². The number of rotatable bonds is 6. The molecule has 1 amide bonds. The zero-order chi connectivity index (χ0) is 17.7. The molecule has 0 fully saturated rings. The van der Waals surface area contributed by atoms with Crippen LogP contribution >= 0.6 is 34.5 Å². The van der Waals surface area contributed by atoms with Crippen LogP contribution in [0.2, 0.25) is 10.0 Å². The normalized spacial score (nSPS) is 11.7. The second kappa shape index (κ2) is 8.37. The van der Waals surface area contributed by atoms with Gasteiger partial charge in [0.1, 0.15) is 0 Å². The number of carbonyl (C=O) groups is 2. The molecule has 2 aromatic rings. The number of hydrogen-bond acceptors (Lipinski definition) is 5. The highest BCUT2D eigenvalue weighted by Crippen LogP contribution is 2.33. The zero-order valence-corrected chi connectivity index (χ0v) is 15.3. The second-order valence-electron chi connectivity index (χ2n) is 4.85. The lowest BCUT2D eigenvalue weighted by Crippen LogP contribution is -2.30. The van der Waals surface area contributed by atoms with Crippen molar-refractivity contribution in [1.29, 1.82) is 0 Å². The number of amides is 1. The third kappa shape index (κ3) is 4.63. The van der Waals surface area contributed by atoms with Gasteiger partial charge in [-0.05, 0) is 30.5 Å². The van der Waals surface area contributed by atoms with Gasteiger partial charge in [-0.3, -0.25) is 4.79 Å². The molecule has 128 valence electrons. The molecule has 1 aromatic carbocycles. The lowest BCUT2D eigenvalue weighted by atomic mass is 10.2. The SMILES string of the molecule is COc1c(Cl)cc(C(=O)OCC(=O)N[C@@H](C)c2cccs2)cc1Cl. The maximum Gasteiger partial charge on any atom is 0.338 e. The molecule has 1 N–H and O–H groups in total. The number of benzene rings is 1. The number of esters is 1. The van der Waals surface area contributed by atoms with E-state index in [4.69, 9.17) is 32.7 Å². The van der Waals surface area contributed by atoms with E-state index in [1.54, 1.807) is 0 Å². The molecule has 0 saturated carbocycles. The van der Waals surface area contributed by atoms with Crippen molar-refractivity contribution in [3.05, 3.63) is 50.1 Å². The molecular formula is C16H15Cl2NO4S. The van der Waals surface area contributed by atoms with Crippen molar-refractivity contribution in [3.8, 4) is 5.75 Å². The summed E-state index contributed by atoms with van der Waals surface area (Å²) in [5.74, 6) is -0.812. The summed E-state index contributed by atoms with van der Waals surface area (Å²) in [7, 11) is 1.42. The summed E-state index contributed by atoms with van der Waals surface area (Å²) in [5, 5.41) is 5.05. The molecule has 1 heterocycles. The van der Waals surface area contributed by atoms with Crippen molar-refractivity contribution in [2.45, 2.75) is 13.0 Å². The van der Waals surface area contributed by atoms with Gasteiger partial charge < -0.3 is 14.8 Å². The van der Waals surface area contributed by atoms with Crippen LogP contribution in [-0.2, 0) is 9.53 Å². The lowest BCUT2D eigenvalue weighted by molar-refractivity contribution is -0.124. The van der Waals surface area contributed by atoms with E-state index in [1.165, 1.54) is 30.6 Å². The average molecular weight is 388 g/mol. The largest absolute Gasteiger partial charge is 0.494 e. The third-order valence-electron chi connectivity index (χ3n) is 3.12. The molecule has 1 aromatic heterocycles. The standard InChI is InChI=1S/C16H15Cl2NO4S/c1-9(13-4-3-5-24-13)19-14(20)8-23-16(21)10-6-11(17)15(22-2)12(18)7-10/h3-7,9H,8H2,1-2H3,(H,19,20)/t9-/m0/s1. The maximum atomic E-state index is 12.0. The maximum absolute atomic E-state index is 12.0. The van der Waals surface area contributed by atoms with Crippen molar-refractivity contribution in [3.63, 3.8) is 0 Å². The van der Waals surface area contributed by atoms with Gasteiger partial charge in [-0.1, -0.05) is 29.3 Å². The number of halogens is 2. The van der Waals surface area contributed by atoms with Crippen molar-refractivity contribution in [2.24, 2.45) is 0 Å². The Morgan fingerprint density at radius 2 is 1.96 bits per heavy atom. The molecule has 2 rings (SSSR count). The Morgan fingerprint density at radius 3 is 2.50 bits per heavy atom. The number of carbonyl (C=O) groups excluding carboxylic acids is 2. The fourth-order valence-electron chi connectivity index (χ4n) is 1.98. The Morgan fingerprint density at radius 1 is 1.29 bits per heavy atom. The summed E-state index contributed by atoms with van der Waals surface area (Å²) in [6.07, 6.45) is 0. The predicted octanol–water partition coefficient (Wildman–Crippen LogP) is 4.10. The van der Waals surface area contributed by atoms with E-state index in [0.717, 1.165) is 4.88 Å². The first-order valence-electron chi connectivity index (χ1n) is 6.95. The Labute approximate surface area is 153 Å². The van der Waals surface area contributed by atoms with Gasteiger partial charge in [0.15, 0.2) is 12.4 Å². The van der Waals surface area contributed by atoms with Gasteiger partial charge in [-0.25, -0.2) is 4.79 Å². The minimum atomic E-state index is -0.694. The molecule has 0 bridgehead atoms. The molecule has 24 heavy (non-hydrogen) atoms. The molecule has 0 radical (unpaired) electrons. The van der Waals surface area contributed by atoms with Gasteiger partial charge in [0.2, 0.25) is 0 Å². The Hall–Kier alpha value is -1.76. The summed E-state index contributed by atoms with van der Waals surface area (Å²) in [6.45, 7) is 1.46. The van der Waals surface area contributed by atoms with Gasteiger partial charge in [0, 0.05) is 4.88 Å². The monoisotopic (exact) mass is 387 g/mol. The first-order chi connectivity index (χ1) is 11.4. The van der Waals surface area contributed by atoms with E-state index >= 15 is 0 Å². The number of ether oxygens (including phenoxy) is 2.